The minimum absolute atomic E-state index is 0.0926. The topological polar surface area (TPSA) is 31.6 Å². The molecule has 76 valence electrons. The van der Waals surface area contributed by atoms with Gasteiger partial charge in [-0.2, -0.15) is 0 Å². The summed E-state index contributed by atoms with van der Waals surface area (Å²) in [4.78, 5) is 14.0. The lowest BCUT2D eigenvalue weighted by Gasteiger charge is -2.30. The maximum absolute atomic E-state index is 12.1. The lowest BCUT2D eigenvalue weighted by molar-refractivity contribution is -0.509. The van der Waals surface area contributed by atoms with Crippen molar-refractivity contribution >= 4 is 12.2 Å². The van der Waals surface area contributed by atoms with Crippen LogP contribution in [0.15, 0.2) is 12.2 Å². The Balaban J connectivity index is 2.28. The first kappa shape index (κ1) is 9.44. The lowest BCUT2D eigenvalue weighted by Crippen LogP contribution is -2.47. The van der Waals surface area contributed by atoms with Gasteiger partial charge in [-0.3, -0.25) is 4.79 Å². The molecule has 0 bridgehead atoms. The predicted octanol–water partition coefficient (Wildman–Crippen LogP) is 1.06. The molecule has 0 aromatic heterocycles. The minimum Gasteiger partial charge on any atom is -0.329 e. The highest BCUT2D eigenvalue weighted by molar-refractivity contribution is 5.92. The summed E-state index contributed by atoms with van der Waals surface area (Å²) in [7, 11) is 0. The van der Waals surface area contributed by atoms with Gasteiger partial charge >= 0.3 is 17.8 Å². The van der Waals surface area contributed by atoms with Gasteiger partial charge < -0.3 is 4.90 Å². The van der Waals surface area contributed by atoms with Crippen molar-refractivity contribution in [3.63, 3.8) is 0 Å². The van der Waals surface area contributed by atoms with Crippen LogP contribution in [-0.4, -0.2) is 34.8 Å². The molecule has 1 amide bonds. The Bertz CT molecular complexity index is 311. The van der Waals surface area contributed by atoms with E-state index in [1.165, 1.54) is 0 Å². The highest BCUT2D eigenvalue weighted by atomic mass is 16.4. The standard InChI is InChI=1S/C11H16NO2/c1-10(2,3)12-7-6-11(9(12)13)5-4-8-14-11/h4-5,8H,6-7H2,1-3H3/q+1. The second kappa shape index (κ2) is 2.69. The molecule has 0 N–H and O–H groups in total. The van der Waals surface area contributed by atoms with E-state index >= 15 is 0 Å². The second-order valence-corrected chi connectivity index (χ2v) is 4.88. The van der Waals surface area contributed by atoms with Crippen LogP contribution in [0.2, 0.25) is 0 Å². The molecular weight excluding hydrogens is 178 g/mol. The molecule has 0 radical (unpaired) electrons. The summed E-state index contributed by atoms with van der Waals surface area (Å²) in [5, 5.41) is 0. The van der Waals surface area contributed by atoms with Crippen LogP contribution in [0.3, 0.4) is 0 Å². The van der Waals surface area contributed by atoms with Gasteiger partial charge in [0.1, 0.15) is 0 Å². The molecule has 0 aromatic carbocycles. The maximum atomic E-state index is 12.1. The highest BCUT2D eigenvalue weighted by Gasteiger charge is 2.58. The zero-order valence-corrected chi connectivity index (χ0v) is 8.91. The number of aldehydes is 1. The smallest absolute Gasteiger partial charge is 0.329 e. The number of allylic oxidation sites excluding steroid dienone is 1. The molecule has 1 saturated heterocycles. The van der Waals surface area contributed by atoms with Gasteiger partial charge in [0.15, 0.2) is 0 Å². The van der Waals surface area contributed by atoms with Crippen molar-refractivity contribution in [1.82, 2.24) is 4.90 Å². The SMILES string of the molecule is CC(C)(C)N1CCC2(C=CC=[O+]2)C1=O. The molecule has 3 nitrogen and oxygen atoms in total. The molecule has 2 rings (SSSR count). The molecule has 0 aliphatic carbocycles. The van der Waals surface area contributed by atoms with Crippen LogP contribution in [0, 0.1) is 0 Å². The van der Waals surface area contributed by atoms with Crippen molar-refractivity contribution in [3.05, 3.63) is 12.2 Å². The Morgan fingerprint density at radius 1 is 1.50 bits per heavy atom. The molecule has 0 saturated carbocycles. The largest absolute Gasteiger partial charge is 0.377 e. The van der Waals surface area contributed by atoms with Crippen molar-refractivity contribution in [1.29, 1.82) is 0 Å². The van der Waals surface area contributed by atoms with E-state index in [1.807, 2.05) is 37.8 Å². The molecular formula is C11H16NO2+. The van der Waals surface area contributed by atoms with Gasteiger partial charge in [0.25, 0.3) is 0 Å². The second-order valence-electron chi connectivity index (χ2n) is 4.88. The summed E-state index contributed by atoms with van der Waals surface area (Å²) in [6, 6.07) is 0. The fraction of sp³-hybridized carbons (Fsp3) is 0.636. The summed E-state index contributed by atoms with van der Waals surface area (Å²) in [6.07, 6.45) is 6.03. The van der Waals surface area contributed by atoms with Crippen LogP contribution >= 0.6 is 0 Å². The summed E-state index contributed by atoms with van der Waals surface area (Å²) in [5.41, 5.74) is -0.784. The molecule has 1 atom stereocenters. The highest BCUT2D eigenvalue weighted by Crippen LogP contribution is 2.32. The minimum atomic E-state index is -0.673. The summed E-state index contributed by atoms with van der Waals surface area (Å²) < 4.78 is 5.41. The van der Waals surface area contributed by atoms with Gasteiger partial charge in [0.05, 0.1) is 6.42 Å². The molecule has 0 aromatic rings. The Morgan fingerprint density at radius 3 is 2.64 bits per heavy atom. The zero-order valence-electron chi connectivity index (χ0n) is 8.91. The van der Waals surface area contributed by atoms with Gasteiger partial charge in [-0.15, -0.1) is 0 Å². The third-order valence-corrected chi connectivity index (χ3v) is 2.85. The number of nitrogens with zero attached hydrogens (tertiary/aromatic N) is 1. The number of rotatable bonds is 0. The summed E-state index contributed by atoms with van der Waals surface area (Å²) in [6.45, 7) is 6.92. The molecule has 14 heavy (non-hydrogen) atoms. The first-order chi connectivity index (χ1) is 6.46. The fourth-order valence-electron chi connectivity index (χ4n) is 2.01. The monoisotopic (exact) mass is 194 g/mol. The normalized spacial score (nSPS) is 31.1. The average molecular weight is 194 g/mol. The lowest BCUT2D eigenvalue weighted by atomic mass is 10.0. The van der Waals surface area contributed by atoms with Gasteiger partial charge in [-0.05, 0) is 20.8 Å². The first-order valence-corrected chi connectivity index (χ1v) is 4.97. The number of carbonyl (C=O) groups is 1. The number of hydrogen-bond donors (Lipinski definition) is 0. The van der Waals surface area contributed by atoms with Crippen LogP contribution in [-0.2, 0) is 9.22 Å². The van der Waals surface area contributed by atoms with E-state index in [0.717, 1.165) is 13.0 Å². The number of hydrogen-bond acceptors (Lipinski definition) is 1. The molecule has 2 aliphatic rings. The molecule has 2 aliphatic heterocycles. The van der Waals surface area contributed by atoms with E-state index < -0.39 is 5.60 Å². The Morgan fingerprint density at radius 2 is 2.21 bits per heavy atom. The Kier molecular flexibility index (Phi) is 1.81. The molecule has 2 heterocycles. The Hall–Kier alpha value is -1.12. The van der Waals surface area contributed by atoms with Crippen molar-refractivity contribution in [2.75, 3.05) is 6.54 Å². The van der Waals surface area contributed by atoms with Crippen molar-refractivity contribution in [3.8, 4) is 0 Å². The van der Waals surface area contributed by atoms with Crippen LogP contribution in [0.25, 0.3) is 0 Å². The van der Waals surface area contributed by atoms with Crippen LogP contribution in [0.1, 0.15) is 27.2 Å². The zero-order chi connectivity index (χ0) is 10.4. The number of amides is 1. The molecule has 3 heteroatoms. The van der Waals surface area contributed by atoms with Crippen molar-refractivity contribution in [2.45, 2.75) is 38.3 Å². The quantitative estimate of drug-likeness (QED) is 0.419. The summed E-state index contributed by atoms with van der Waals surface area (Å²) in [5.74, 6) is 0.0926. The van der Waals surface area contributed by atoms with Crippen LogP contribution < -0.4 is 0 Å². The van der Waals surface area contributed by atoms with Crippen molar-refractivity contribution in [2.24, 2.45) is 0 Å². The van der Waals surface area contributed by atoms with Crippen LogP contribution in [0.5, 0.6) is 0 Å². The van der Waals surface area contributed by atoms with Crippen molar-refractivity contribution < 1.29 is 9.22 Å². The van der Waals surface area contributed by atoms with E-state index in [1.54, 1.807) is 6.29 Å². The first-order valence-electron chi connectivity index (χ1n) is 4.97. The third kappa shape index (κ3) is 1.19. The number of carbonyl (C=O) groups excluding carboxylic acids is 2. The van der Waals surface area contributed by atoms with Gasteiger partial charge in [-0.1, -0.05) is 0 Å². The molecule has 1 spiro atoms. The van der Waals surface area contributed by atoms with E-state index in [2.05, 4.69) is 0 Å². The van der Waals surface area contributed by atoms with E-state index in [4.69, 9.17) is 4.42 Å². The molecule has 1 unspecified atom stereocenters. The van der Waals surface area contributed by atoms with Gasteiger partial charge in [0.2, 0.25) is 0 Å². The molecule has 1 fully saturated rings. The van der Waals surface area contributed by atoms with Crippen LogP contribution in [0.4, 0.5) is 0 Å². The van der Waals surface area contributed by atoms with E-state index in [9.17, 15) is 4.79 Å². The summed E-state index contributed by atoms with van der Waals surface area (Å²) >= 11 is 0. The van der Waals surface area contributed by atoms with Gasteiger partial charge in [-0.25, -0.2) is 4.42 Å². The number of likely N-dealkylation sites (tertiary alicyclic amines) is 1. The fourth-order valence-corrected chi connectivity index (χ4v) is 2.01. The average Bonchev–Trinajstić information content (AvgIpc) is 2.62. The third-order valence-electron chi connectivity index (χ3n) is 2.85. The van der Waals surface area contributed by atoms with Gasteiger partial charge in [0, 0.05) is 24.2 Å². The van der Waals surface area contributed by atoms with E-state index in [-0.39, 0.29) is 11.4 Å². The Labute approximate surface area is 84.1 Å². The van der Waals surface area contributed by atoms with E-state index in [0.29, 0.717) is 0 Å². The predicted molar refractivity (Wildman–Crippen MR) is 54.0 cm³/mol. The maximum Gasteiger partial charge on any atom is 0.377 e.